The van der Waals surface area contributed by atoms with E-state index in [1.165, 1.54) is 7.11 Å². The number of Topliss-reactive ketones (excluding diaryl/α,β-unsaturated/α-hetero) is 1. The van der Waals surface area contributed by atoms with Crippen LogP contribution in [-0.2, 0) is 0 Å². The lowest BCUT2D eigenvalue weighted by Gasteiger charge is -2.09. The van der Waals surface area contributed by atoms with Crippen LogP contribution in [0.25, 0.3) is 6.08 Å². The fraction of sp³-hybridized carbons (Fsp3) is 0.167. The minimum Gasteiger partial charge on any atom is -0.497 e. The first-order chi connectivity index (χ1) is 11.5. The lowest BCUT2D eigenvalue weighted by Crippen LogP contribution is -2.01. The lowest BCUT2D eigenvalue weighted by molar-refractivity contribution is 0.104. The van der Waals surface area contributed by atoms with Crippen molar-refractivity contribution in [1.82, 2.24) is 0 Å². The van der Waals surface area contributed by atoms with Crippen molar-refractivity contribution < 1.29 is 19.0 Å². The van der Waals surface area contributed by atoms with Crippen molar-refractivity contribution >= 4 is 33.5 Å². The van der Waals surface area contributed by atoms with Crippen LogP contribution in [0.3, 0.4) is 0 Å². The number of hydrogen-bond donors (Lipinski definition) is 1. The largest absolute Gasteiger partial charge is 0.497 e. The third kappa shape index (κ3) is 3.89. The maximum absolute atomic E-state index is 12.6. The molecule has 0 bridgehead atoms. The van der Waals surface area contributed by atoms with E-state index in [-0.39, 0.29) is 5.78 Å². The van der Waals surface area contributed by atoms with Crippen molar-refractivity contribution in [2.24, 2.45) is 0 Å². The second-order valence-electron chi connectivity index (χ2n) is 4.89. The maximum Gasteiger partial charge on any atom is 0.200 e. The molecule has 0 saturated heterocycles. The molecule has 5 nitrogen and oxygen atoms in total. The molecule has 2 rings (SSSR count). The van der Waals surface area contributed by atoms with Gasteiger partial charge in [-0.05, 0) is 58.4 Å². The van der Waals surface area contributed by atoms with E-state index in [1.807, 2.05) is 0 Å². The van der Waals surface area contributed by atoms with Gasteiger partial charge in [0.1, 0.15) is 17.2 Å². The highest BCUT2D eigenvalue weighted by atomic mass is 79.9. The molecule has 2 aromatic carbocycles. The van der Waals surface area contributed by atoms with E-state index in [9.17, 15) is 4.79 Å². The van der Waals surface area contributed by atoms with Crippen LogP contribution in [0.1, 0.15) is 15.9 Å². The molecule has 0 aliphatic rings. The summed E-state index contributed by atoms with van der Waals surface area (Å²) in [6.45, 7) is 0. The molecule has 0 aliphatic carbocycles. The van der Waals surface area contributed by atoms with Crippen LogP contribution in [0, 0.1) is 0 Å². The molecule has 0 heterocycles. The summed E-state index contributed by atoms with van der Waals surface area (Å²) >= 11 is 3.33. The molecule has 0 radical (unpaired) electrons. The maximum atomic E-state index is 12.6. The van der Waals surface area contributed by atoms with Gasteiger partial charge in [-0.2, -0.15) is 0 Å². The van der Waals surface area contributed by atoms with Crippen molar-refractivity contribution in [3.05, 3.63) is 52.0 Å². The van der Waals surface area contributed by atoms with E-state index in [1.54, 1.807) is 56.7 Å². The molecule has 0 amide bonds. The van der Waals surface area contributed by atoms with Crippen LogP contribution in [0.5, 0.6) is 17.2 Å². The summed E-state index contributed by atoms with van der Waals surface area (Å²) in [5, 5.41) is 0. The standard InChI is InChI=1S/C18H18BrNO4/c1-22-13-5-7-16(23-2)12(8-13)9-14(19)18(21)11-4-6-15(20)17(10-11)24-3/h4-10H,20H2,1-3H3/b14-9+. The fourth-order valence-corrected chi connectivity index (χ4v) is 2.62. The van der Waals surface area contributed by atoms with Gasteiger partial charge in [0.05, 0.1) is 31.5 Å². The van der Waals surface area contributed by atoms with Gasteiger partial charge in [0, 0.05) is 11.1 Å². The van der Waals surface area contributed by atoms with Gasteiger partial charge in [-0.15, -0.1) is 0 Å². The number of rotatable bonds is 6. The van der Waals surface area contributed by atoms with Gasteiger partial charge in [-0.1, -0.05) is 0 Å². The average molecular weight is 392 g/mol. The van der Waals surface area contributed by atoms with Crippen LogP contribution in [-0.4, -0.2) is 27.1 Å². The van der Waals surface area contributed by atoms with E-state index in [2.05, 4.69) is 15.9 Å². The van der Waals surface area contributed by atoms with Crippen LogP contribution in [0.2, 0.25) is 0 Å². The number of carbonyl (C=O) groups is 1. The Hall–Kier alpha value is -2.47. The number of nitrogen functional groups attached to an aromatic ring is 1. The van der Waals surface area contributed by atoms with Crippen molar-refractivity contribution in [1.29, 1.82) is 0 Å². The number of hydrogen-bond acceptors (Lipinski definition) is 5. The molecular formula is C18H18BrNO4. The zero-order chi connectivity index (χ0) is 17.7. The number of methoxy groups -OCH3 is 3. The molecule has 0 saturated carbocycles. The Morgan fingerprint density at radius 1 is 1.00 bits per heavy atom. The Labute approximate surface area is 149 Å². The van der Waals surface area contributed by atoms with Crippen molar-refractivity contribution in [3.63, 3.8) is 0 Å². The number of ketones is 1. The van der Waals surface area contributed by atoms with Gasteiger partial charge in [0.2, 0.25) is 0 Å². The molecule has 0 aromatic heterocycles. The molecule has 6 heteroatoms. The zero-order valence-corrected chi connectivity index (χ0v) is 15.2. The second-order valence-corrected chi connectivity index (χ2v) is 5.74. The normalized spacial score (nSPS) is 11.1. The van der Waals surface area contributed by atoms with Gasteiger partial charge in [0.15, 0.2) is 5.78 Å². The predicted molar refractivity (Wildman–Crippen MR) is 98.2 cm³/mol. The molecule has 24 heavy (non-hydrogen) atoms. The van der Waals surface area contributed by atoms with E-state index in [0.29, 0.717) is 33.0 Å². The highest BCUT2D eigenvalue weighted by Crippen LogP contribution is 2.29. The minimum atomic E-state index is -0.196. The Morgan fingerprint density at radius 3 is 2.33 bits per heavy atom. The number of ether oxygens (including phenoxy) is 3. The number of nitrogens with two attached hydrogens (primary N) is 1. The first-order valence-corrected chi connectivity index (χ1v) is 7.87. The topological polar surface area (TPSA) is 70.8 Å². The fourth-order valence-electron chi connectivity index (χ4n) is 2.14. The number of carbonyl (C=O) groups excluding carboxylic acids is 1. The smallest absolute Gasteiger partial charge is 0.200 e. The quantitative estimate of drug-likeness (QED) is 0.459. The molecule has 126 valence electrons. The molecule has 0 aliphatic heterocycles. The minimum absolute atomic E-state index is 0.196. The summed E-state index contributed by atoms with van der Waals surface area (Å²) in [6.07, 6.45) is 1.69. The highest BCUT2D eigenvalue weighted by molar-refractivity contribution is 9.12. The number of halogens is 1. The van der Waals surface area contributed by atoms with Gasteiger partial charge in [-0.25, -0.2) is 0 Å². The Bertz CT molecular complexity index is 787. The Kier molecular flexibility index (Phi) is 5.87. The molecule has 0 unspecified atom stereocenters. The van der Waals surface area contributed by atoms with Crippen molar-refractivity contribution in [2.45, 2.75) is 0 Å². The van der Waals surface area contributed by atoms with Gasteiger partial charge >= 0.3 is 0 Å². The van der Waals surface area contributed by atoms with E-state index in [4.69, 9.17) is 19.9 Å². The number of allylic oxidation sites excluding steroid dienone is 1. The third-order valence-electron chi connectivity index (χ3n) is 3.43. The molecule has 2 aromatic rings. The summed E-state index contributed by atoms with van der Waals surface area (Å²) in [5.41, 5.74) is 7.44. The summed E-state index contributed by atoms with van der Waals surface area (Å²) in [4.78, 5) is 12.6. The van der Waals surface area contributed by atoms with Crippen LogP contribution in [0.15, 0.2) is 40.9 Å². The number of anilines is 1. The summed E-state index contributed by atoms with van der Waals surface area (Å²) < 4.78 is 16.1. The SMILES string of the molecule is COc1ccc(OC)c(/C=C(/Br)C(=O)c2ccc(N)c(OC)c2)c1. The summed E-state index contributed by atoms with van der Waals surface area (Å²) in [7, 11) is 4.65. The monoisotopic (exact) mass is 391 g/mol. The summed E-state index contributed by atoms with van der Waals surface area (Å²) in [6, 6.07) is 10.3. The van der Waals surface area contributed by atoms with Gasteiger partial charge < -0.3 is 19.9 Å². The van der Waals surface area contributed by atoms with E-state index < -0.39 is 0 Å². The molecular weight excluding hydrogens is 374 g/mol. The third-order valence-corrected chi connectivity index (χ3v) is 4.02. The lowest BCUT2D eigenvalue weighted by atomic mass is 10.1. The molecule has 0 spiro atoms. The zero-order valence-electron chi connectivity index (χ0n) is 13.6. The average Bonchev–Trinajstić information content (AvgIpc) is 2.61. The van der Waals surface area contributed by atoms with Crippen LogP contribution < -0.4 is 19.9 Å². The van der Waals surface area contributed by atoms with E-state index in [0.717, 1.165) is 5.56 Å². The van der Waals surface area contributed by atoms with Crippen LogP contribution >= 0.6 is 15.9 Å². The van der Waals surface area contributed by atoms with Crippen LogP contribution in [0.4, 0.5) is 5.69 Å². The first-order valence-electron chi connectivity index (χ1n) is 7.07. The van der Waals surface area contributed by atoms with Gasteiger partial charge in [-0.3, -0.25) is 4.79 Å². The highest BCUT2D eigenvalue weighted by Gasteiger charge is 2.13. The molecule has 0 atom stereocenters. The van der Waals surface area contributed by atoms with Crippen molar-refractivity contribution in [3.8, 4) is 17.2 Å². The van der Waals surface area contributed by atoms with Gasteiger partial charge in [0.25, 0.3) is 0 Å². The first kappa shape index (κ1) is 17.9. The second kappa shape index (κ2) is 7.88. The number of benzene rings is 2. The molecule has 0 fully saturated rings. The summed E-state index contributed by atoms with van der Waals surface area (Å²) in [5.74, 6) is 1.57. The Balaban J connectivity index is 2.38. The van der Waals surface area contributed by atoms with E-state index >= 15 is 0 Å². The van der Waals surface area contributed by atoms with Crippen molar-refractivity contribution in [2.75, 3.05) is 27.1 Å². The molecule has 2 N–H and O–H groups in total. The predicted octanol–water partition coefficient (Wildman–Crippen LogP) is 3.91. The Morgan fingerprint density at radius 2 is 1.71 bits per heavy atom.